The minimum Gasteiger partial charge on any atom is -0.508 e. The lowest BCUT2D eigenvalue weighted by molar-refractivity contribution is -0.148. The van der Waals surface area contributed by atoms with Gasteiger partial charge in [-0.25, -0.2) is 4.79 Å². The highest BCUT2D eigenvalue weighted by Gasteiger charge is 2.37. The van der Waals surface area contributed by atoms with Gasteiger partial charge in [0, 0.05) is 12.4 Å². The predicted molar refractivity (Wildman–Crippen MR) is 67.3 cm³/mol. The fourth-order valence-electron chi connectivity index (χ4n) is 1.99. The predicted octanol–water partition coefficient (Wildman–Crippen LogP) is 2.13. The van der Waals surface area contributed by atoms with E-state index in [1.54, 1.807) is 35.8 Å². The Morgan fingerprint density at radius 2 is 1.78 bits per heavy atom. The molecule has 0 bridgehead atoms. The van der Waals surface area contributed by atoms with Crippen LogP contribution in [0, 0.1) is 0 Å². The molecule has 0 amide bonds. The number of carbonyl (C=O) groups excluding carboxylic acids is 1. The molecular weight excluding hydrogens is 230 g/mol. The van der Waals surface area contributed by atoms with Crippen LogP contribution in [0.5, 0.6) is 5.75 Å². The number of benzene rings is 1. The van der Waals surface area contributed by atoms with Gasteiger partial charge in [-0.1, -0.05) is 12.1 Å². The number of carbonyl (C=O) groups is 1. The third-order valence-corrected chi connectivity index (χ3v) is 3.13. The Morgan fingerprint density at radius 1 is 1.22 bits per heavy atom. The van der Waals surface area contributed by atoms with Crippen LogP contribution in [-0.4, -0.2) is 22.8 Å². The average Bonchev–Trinajstić information content (AvgIpc) is 2.92. The third kappa shape index (κ3) is 1.86. The Morgan fingerprint density at radius 3 is 2.28 bits per heavy atom. The average molecular weight is 245 g/mol. The van der Waals surface area contributed by atoms with E-state index in [1.165, 1.54) is 7.11 Å². The van der Waals surface area contributed by atoms with Crippen LogP contribution in [0.3, 0.4) is 0 Å². The van der Waals surface area contributed by atoms with Crippen molar-refractivity contribution >= 4 is 5.97 Å². The number of hydrogen-bond donors (Lipinski definition) is 1. The van der Waals surface area contributed by atoms with E-state index in [9.17, 15) is 9.90 Å². The summed E-state index contributed by atoms with van der Waals surface area (Å²) in [5, 5.41) is 9.33. The first-order chi connectivity index (χ1) is 8.59. The molecule has 1 atom stereocenters. The first kappa shape index (κ1) is 12.2. The molecule has 0 spiro atoms. The van der Waals surface area contributed by atoms with Crippen molar-refractivity contribution in [1.82, 2.24) is 4.57 Å². The number of esters is 1. The highest BCUT2D eigenvalue weighted by molar-refractivity contribution is 5.82. The van der Waals surface area contributed by atoms with Gasteiger partial charge >= 0.3 is 5.97 Å². The second kappa shape index (κ2) is 4.56. The normalized spacial score (nSPS) is 13.9. The summed E-state index contributed by atoms with van der Waals surface area (Å²) in [6, 6.07) is 10.2. The second-order valence-electron chi connectivity index (χ2n) is 4.20. The van der Waals surface area contributed by atoms with Gasteiger partial charge in [-0.15, -0.1) is 0 Å². The number of phenolic OH excluding ortho intramolecular Hbond substituents is 1. The van der Waals surface area contributed by atoms with E-state index in [1.807, 2.05) is 24.5 Å². The molecule has 4 nitrogen and oxygen atoms in total. The van der Waals surface area contributed by atoms with Crippen LogP contribution in [0.4, 0.5) is 0 Å². The standard InChI is InChI=1S/C14H15NO3/c1-14(13(17)18-2,15-9-3-4-10-15)11-5-7-12(16)8-6-11/h3-10,16H,1-2H3. The smallest absolute Gasteiger partial charge is 0.336 e. The quantitative estimate of drug-likeness (QED) is 0.843. The van der Waals surface area contributed by atoms with Crippen LogP contribution in [0.2, 0.25) is 0 Å². The molecule has 4 heteroatoms. The van der Waals surface area contributed by atoms with Gasteiger partial charge < -0.3 is 14.4 Å². The van der Waals surface area contributed by atoms with Gasteiger partial charge in [-0.05, 0) is 36.8 Å². The molecule has 1 unspecified atom stereocenters. The number of rotatable bonds is 3. The molecule has 0 radical (unpaired) electrons. The molecule has 0 aliphatic carbocycles. The number of aromatic nitrogens is 1. The molecule has 18 heavy (non-hydrogen) atoms. The van der Waals surface area contributed by atoms with Crippen molar-refractivity contribution in [2.24, 2.45) is 0 Å². The van der Waals surface area contributed by atoms with Gasteiger partial charge in [0.15, 0.2) is 5.54 Å². The molecule has 0 aliphatic heterocycles. The Bertz CT molecular complexity index is 531. The molecule has 1 heterocycles. The maximum Gasteiger partial charge on any atom is 0.336 e. The fraction of sp³-hybridized carbons (Fsp3) is 0.214. The van der Waals surface area contributed by atoms with Gasteiger partial charge in [0.2, 0.25) is 0 Å². The molecule has 0 saturated carbocycles. The number of nitrogens with zero attached hydrogens (tertiary/aromatic N) is 1. The van der Waals surface area contributed by atoms with E-state index in [0.717, 1.165) is 5.56 Å². The van der Waals surface area contributed by atoms with E-state index in [0.29, 0.717) is 0 Å². The van der Waals surface area contributed by atoms with Crippen LogP contribution >= 0.6 is 0 Å². The zero-order chi connectivity index (χ0) is 13.2. The van der Waals surface area contributed by atoms with Crippen LogP contribution < -0.4 is 0 Å². The summed E-state index contributed by atoms with van der Waals surface area (Å²) in [6.45, 7) is 1.78. The van der Waals surface area contributed by atoms with Gasteiger partial charge in [0.25, 0.3) is 0 Å². The van der Waals surface area contributed by atoms with Crippen LogP contribution in [0.25, 0.3) is 0 Å². The van der Waals surface area contributed by atoms with Crippen molar-refractivity contribution in [3.63, 3.8) is 0 Å². The second-order valence-corrected chi connectivity index (χ2v) is 4.20. The Labute approximate surface area is 105 Å². The van der Waals surface area contributed by atoms with E-state index in [2.05, 4.69) is 0 Å². The SMILES string of the molecule is COC(=O)C(C)(c1ccc(O)cc1)n1cccc1. The topological polar surface area (TPSA) is 51.5 Å². The zero-order valence-corrected chi connectivity index (χ0v) is 10.3. The maximum absolute atomic E-state index is 12.1. The Balaban J connectivity index is 2.56. The highest BCUT2D eigenvalue weighted by atomic mass is 16.5. The van der Waals surface area contributed by atoms with Crippen LogP contribution in [0.15, 0.2) is 48.8 Å². The van der Waals surface area contributed by atoms with E-state index >= 15 is 0 Å². The number of ether oxygens (including phenoxy) is 1. The molecule has 1 N–H and O–H groups in total. The molecule has 2 aromatic rings. The van der Waals surface area contributed by atoms with Crippen molar-refractivity contribution in [3.05, 3.63) is 54.4 Å². The van der Waals surface area contributed by atoms with E-state index in [-0.39, 0.29) is 11.7 Å². The molecule has 2 rings (SSSR count). The van der Waals surface area contributed by atoms with Crippen molar-refractivity contribution in [3.8, 4) is 5.75 Å². The summed E-state index contributed by atoms with van der Waals surface area (Å²) in [6.07, 6.45) is 3.62. The zero-order valence-electron chi connectivity index (χ0n) is 10.3. The van der Waals surface area contributed by atoms with Crippen molar-refractivity contribution < 1.29 is 14.6 Å². The first-order valence-corrected chi connectivity index (χ1v) is 5.60. The largest absolute Gasteiger partial charge is 0.508 e. The number of methoxy groups -OCH3 is 1. The van der Waals surface area contributed by atoms with E-state index in [4.69, 9.17) is 4.74 Å². The van der Waals surface area contributed by atoms with Gasteiger partial charge in [-0.2, -0.15) is 0 Å². The molecule has 94 valence electrons. The molecule has 0 fully saturated rings. The van der Waals surface area contributed by atoms with E-state index < -0.39 is 5.54 Å². The van der Waals surface area contributed by atoms with Crippen molar-refractivity contribution in [2.45, 2.75) is 12.5 Å². The summed E-state index contributed by atoms with van der Waals surface area (Å²) in [4.78, 5) is 12.1. The molecular formula is C14H15NO3. The van der Waals surface area contributed by atoms with Gasteiger partial charge in [-0.3, -0.25) is 0 Å². The minimum atomic E-state index is -0.939. The van der Waals surface area contributed by atoms with Crippen molar-refractivity contribution in [2.75, 3.05) is 7.11 Å². The lowest BCUT2D eigenvalue weighted by Gasteiger charge is -2.29. The Hall–Kier alpha value is -2.23. The molecule has 0 saturated heterocycles. The summed E-state index contributed by atoms with van der Waals surface area (Å²) in [5.41, 5.74) is -0.185. The third-order valence-electron chi connectivity index (χ3n) is 3.13. The number of hydrogen-bond acceptors (Lipinski definition) is 3. The van der Waals surface area contributed by atoms with Gasteiger partial charge in [0.1, 0.15) is 5.75 Å². The highest BCUT2D eigenvalue weighted by Crippen LogP contribution is 2.29. The maximum atomic E-state index is 12.1. The first-order valence-electron chi connectivity index (χ1n) is 5.60. The van der Waals surface area contributed by atoms with Crippen LogP contribution in [-0.2, 0) is 15.1 Å². The van der Waals surface area contributed by atoms with Crippen LogP contribution in [0.1, 0.15) is 12.5 Å². The summed E-state index contributed by atoms with van der Waals surface area (Å²) < 4.78 is 6.68. The van der Waals surface area contributed by atoms with Gasteiger partial charge in [0.05, 0.1) is 7.11 Å². The molecule has 1 aromatic heterocycles. The number of aromatic hydroxyl groups is 1. The minimum absolute atomic E-state index is 0.165. The monoisotopic (exact) mass is 245 g/mol. The lowest BCUT2D eigenvalue weighted by Crippen LogP contribution is -2.40. The van der Waals surface area contributed by atoms with Crippen molar-refractivity contribution in [1.29, 1.82) is 0 Å². The molecule has 0 aliphatic rings. The molecule has 1 aromatic carbocycles. The number of phenols is 1. The summed E-state index contributed by atoms with van der Waals surface area (Å²) >= 11 is 0. The summed E-state index contributed by atoms with van der Waals surface area (Å²) in [5.74, 6) is -0.192. The fourth-order valence-corrected chi connectivity index (χ4v) is 1.99. The summed E-state index contributed by atoms with van der Waals surface area (Å²) in [7, 11) is 1.37. The lowest BCUT2D eigenvalue weighted by atomic mass is 9.91. The Kier molecular flexibility index (Phi) is 3.10.